The van der Waals surface area contributed by atoms with Crippen molar-refractivity contribution < 1.29 is 9.59 Å². The number of anilines is 2. The molecule has 0 saturated carbocycles. The highest BCUT2D eigenvalue weighted by Crippen LogP contribution is 2.22. The fourth-order valence-corrected chi connectivity index (χ4v) is 3.97. The van der Waals surface area contributed by atoms with Gasteiger partial charge in [-0.3, -0.25) is 9.59 Å². The highest BCUT2D eigenvalue weighted by molar-refractivity contribution is 6.39. The molecule has 1 heterocycles. The highest BCUT2D eigenvalue weighted by Gasteiger charge is 2.16. The first-order chi connectivity index (χ1) is 13.9. The number of carbonyl (C=O) groups excluding carboxylic acids is 2. The first kappa shape index (κ1) is 20.9. The minimum atomic E-state index is -0.616. The standard InChI is InChI=1S/C24H31N3O2/c1-17-15-18(2)22(19(3)16-17)26-24(29)23(28)25-12-6-7-20-8-10-21(11-9-20)27-13-4-5-14-27/h8-11,15-16H,4-7,12-14H2,1-3H3,(H,25,28)(H,26,29). The molecule has 1 saturated heterocycles. The number of carbonyl (C=O) groups is 2. The van der Waals surface area contributed by atoms with Gasteiger partial charge in [0.1, 0.15) is 0 Å². The van der Waals surface area contributed by atoms with E-state index in [0.29, 0.717) is 12.2 Å². The monoisotopic (exact) mass is 393 g/mol. The third kappa shape index (κ3) is 5.59. The average molecular weight is 394 g/mol. The lowest BCUT2D eigenvalue weighted by molar-refractivity contribution is -0.136. The zero-order valence-electron chi connectivity index (χ0n) is 17.7. The van der Waals surface area contributed by atoms with E-state index in [1.807, 2.05) is 32.9 Å². The van der Waals surface area contributed by atoms with Crippen LogP contribution >= 0.6 is 0 Å². The van der Waals surface area contributed by atoms with Crippen molar-refractivity contribution >= 4 is 23.2 Å². The number of nitrogens with zero attached hydrogens (tertiary/aromatic N) is 1. The molecule has 1 fully saturated rings. The van der Waals surface area contributed by atoms with E-state index in [1.165, 1.54) is 24.1 Å². The molecule has 2 N–H and O–H groups in total. The molecule has 2 aromatic carbocycles. The van der Waals surface area contributed by atoms with E-state index in [2.05, 4.69) is 39.8 Å². The third-order valence-corrected chi connectivity index (χ3v) is 5.46. The summed E-state index contributed by atoms with van der Waals surface area (Å²) in [6, 6.07) is 12.7. The summed E-state index contributed by atoms with van der Waals surface area (Å²) in [6.07, 6.45) is 4.22. The fourth-order valence-electron chi connectivity index (χ4n) is 3.97. The van der Waals surface area contributed by atoms with Crippen LogP contribution in [0.15, 0.2) is 36.4 Å². The predicted octanol–water partition coefficient (Wildman–Crippen LogP) is 3.90. The van der Waals surface area contributed by atoms with Gasteiger partial charge >= 0.3 is 11.8 Å². The molecule has 0 aliphatic carbocycles. The lowest BCUT2D eigenvalue weighted by Gasteiger charge is -2.17. The molecule has 0 spiro atoms. The van der Waals surface area contributed by atoms with Crippen LogP contribution in [-0.2, 0) is 16.0 Å². The quantitative estimate of drug-likeness (QED) is 0.578. The summed E-state index contributed by atoms with van der Waals surface area (Å²) in [5.41, 5.74) is 6.31. The zero-order chi connectivity index (χ0) is 20.8. The van der Waals surface area contributed by atoms with Crippen molar-refractivity contribution in [3.05, 3.63) is 58.7 Å². The maximum Gasteiger partial charge on any atom is 0.313 e. The van der Waals surface area contributed by atoms with Crippen molar-refractivity contribution in [3.8, 4) is 0 Å². The van der Waals surface area contributed by atoms with Gasteiger partial charge in [0.15, 0.2) is 0 Å². The van der Waals surface area contributed by atoms with Gasteiger partial charge in [-0.05, 0) is 75.3 Å². The van der Waals surface area contributed by atoms with Crippen LogP contribution in [-0.4, -0.2) is 31.4 Å². The highest BCUT2D eigenvalue weighted by atomic mass is 16.2. The summed E-state index contributed by atoms with van der Waals surface area (Å²) >= 11 is 0. The van der Waals surface area contributed by atoms with E-state index in [4.69, 9.17) is 0 Å². The van der Waals surface area contributed by atoms with Gasteiger partial charge in [0.05, 0.1) is 0 Å². The normalized spacial score (nSPS) is 13.4. The van der Waals surface area contributed by atoms with Crippen molar-refractivity contribution in [3.63, 3.8) is 0 Å². The molecule has 1 aliphatic rings. The second kappa shape index (κ2) is 9.59. The summed E-state index contributed by atoms with van der Waals surface area (Å²) in [5, 5.41) is 5.46. The molecule has 0 aromatic heterocycles. The molecule has 0 atom stereocenters. The van der Waals surface area contributed by atoms with Gasteiger partial charge in [0.2, 0.25) is 0 Å². The SMILES string of the molecule is Cc1cc(C)c(NC(=O)C(=O)NCCCc2ccc(N3CCCC3)cc2)c(C)c1. The van der Waals surface area contributed by atoms with Gasteiger partial charge in [-0.25, -0.2) is 0 Å². The van der Waals surface area contributed by atoms with E-state index in [0.717, 1.165) is 42.6 Å². The summed E-state index contributed by atoms with van der Waals surface area (Å²) in [4.78, 5) is 26.7. The molecular weight excluding hydrogens is 362 g/mol. The van der Waals surface area contributed by atoms with E-state index < -0.39 is 11.8 Å². The minimum Gasteiger partial charge on any atom is -0.372 e. The zero-order valence-corrected chi connectivity index (χ0v) is 17.7. The molecule has 29 heavy (non-hydrogen) atoms. The van der Waals surface area contributed by atoms with E-state index >= 15 is 0 Å². The van der Waals surface area contributed by atoms with Gasteiger partial charge in [0, 0.05) is 31.0 Å². The Labute approximate surface area is 173 Å². The molecule has 3 rings (SSSR count). The molecule has 1 aliphatic heterocycles. The Balaban J connectivity index is 1.42. The van der Waals surface area contributed by atoms with E-state index in [1.54, 1.807) is 0 Å². The maximum atomic E-state index is 12.2. The maximum absolute atomic E-state index is 12.2. The van der Waals surface area contributed by atoms with Gasteiger partial charge in [-0.2, -0.15) is 0 Å². The van der Waals surface area contributed by atoms with E-state index in [9.17, 15) is 9.59 Å². The molecule has 5 nitrogen and oxygen atoms in total. The van der Waals surface area contributed by atoms with Crippen molar-refractivity contribution in [1.29, 1.82) is 0 Å². The Morgan fingerprint density at radius 2 is 1.55 bits per heavy atom. The molecular formula is C24H31N3O2. The molecule has 5 heteroatoms. The van der Waals surface area contributed by atoms with Crippen molar-refractivity contribution in [2.24, 2.45) is 0 Å². The fraction of sp³-hybridized carbons (Fsp3) is 0.417. The van der Waals surface area contributed by atoms with Crippen LogP contribution < -0.4 is 15.5 Å². The van der Waals surface area contributed by atoms with Crippen LogP contribution in [0.1, 0.15) is 41.5 Å². The summed E-state index contributed by atoms with van der Waals surface area (Å²) in [7, 11) is 0. The second-order valence-electron chi connectivity index (χ2n) is 7.95. The van der Waals surface area contributed by atoms with E-state index in [-0.39, 0.29) is 0 Å². The number of benzene rings is 2. The van der Waals surface area contributed by atoms with Gasteiger partial charge in [-0.15, -0.1) is 0 Å². The Hall–Kier alpha value is -2.82. The minimum absolute atomic E-state index is 0.478. The Kier molecular flexibility index (Phi) is 6.91. The van der Waals surface area contributed by atoms with Crippen molar-refractivity contribution in [2.75, 3.05) is 29.9 Å². The number of hydrogen-bond acceptors (Lipinski definition) is 3. The third-order valence-electron chi connectivity index (χ3n) is 5.46. The Morgan fingerprint density at radius 1 is 0.931 bits per heavy atom. The smallest absolute Gasteiger partial charge is 0.313 e. The van der Waals surface area contributed by atoms with Crippen LogP contribution in [0.2, 0.25) is 0 Å². The first-order valence-corrected chi connectivity index (χ1v) is 10.4. The lowest BCUT2D eigenvalue weighted by Crippen LogP contribution is -2.36. The number of rotatable bonds is 6. The first-order valence-electron chi connectivity index (χ1n) is 10.4. The Morgan fingerprint density at radius 3 is 2.17 bits per heavy atom. The van der Waals surface area contributed by atoms with Gasteiger partial charge in [-0.1, -0.05) is 29.8 Å². The number of amides is 2. The van der Waals surface area contributed by atoms with Crippen molar-refractivity contribution in [1.82, 2.24) is 5.32 Å². The summed E-state index contributed by atoms with van der Waals surface area (Å²) < 4.78 is 0. The van der Waals surface area contributed by atoms with Crippen LogP contribution in [0, 0.1) is 20.8 Å². The molecule has 154 valence electrons. The molecule has 0 bridgehead atoms. The molecule has 0 radical (unpaired) electrons. The average Bonchev–Trinajstić information content (AvgIpc) is 3.23. The topological polar surface area (TPSA) is 61.4 Å². The van der Waals surface area contributed by atoms with Crippen LogP contribution in [0.4, 0.5) is 11.4 Å². The number of nitrogens with one attached hydrogen (secondary N) is 2. The van der Waals surface area contributed by atoms with Gasteiger partial charge in [0.25, 0.3) is 0 Å². The van der Waals surface area contributed by atoms with Gasteiger partial charge < -0.3 is 15.5 Å². The predicted molar refractivity (Wildman–Crippen MR) is 119 cm³/mol. The molecule has 2 aromatic rings. The molecule has 2 amide bonds. The summed E-state index contributed by atoms with van der Waals surface area (Å²) in [5.74, 6) is -1.20. The van der Waals surface area contributed by atoms with Crippen LogP contribution in [0.3, 0.4) is 0 Å². The number of hydrogen-bond donors (Lipinski definition) is 2. The molecule has 0 unspecified atom stereocenters. The largest absolute Gasteiger partial charge is 0.372 e. The summed E-state index contributed by atoms with van der Waals surface area (Å²) in [6.45, 7) is 8.65. The Bertz CT molecular complexity index is 845. The second-order valence-corrected chi connectivity index (χ2v) is 7.95. The van der Waals surface area contributed by atoms with Crippen LogP contribution in [0.25, 0.3) is 0 Å². The number of aryl methyl sites for hydroxylation is 4. The van der Waals surface area contributed by atoms with Crippen LogP contribution in [0.5, 0.6) is 0 Å². The van der Waals surface area contributed by atoms with Crippen molar-refractivity contribution in [2.45, 2.75) is 46.5 Å². The lowest BCUT2D eigenvalue weighted by atomic mass is 10.1.